The molecule has 0 spiro atoms. The largest absolute Gasteiger partial charge is 0.382 e. The summed E-state index contributed by atoms with van der Waals surface area (Å²) in [5.41, 5.74) is 3.08. The summed E-state index contributed by atoms with van der Waals surface area (Å²) in [6, 6.07) is 17.8. The Morgan fingerprint density at radius 2 is 1.80 bits per heavy atom. The molecule has 3 rings (SSSR count). The molecule has 0 unspecified atom stereocenters. The minimum atomic E-state index is -0.439. The van der Waals surface area contributed by atoms with Crippen LogP contribution in [-0.2, 0) is 6.67 Å². The highest BCUT2D eigenvalue weighted by molar-refractivity contribution is 5.74. The highest BCUT2D eigenvalue weighted by atomic mass is 16.3. The van der Waals surface area contributed by atoms with E-state index in [1.54, 1.807) is 0 Å². The molecule has 0 bridgehead atoms. The standard InChI is InChI=1S/C16H17N3O/c20-16(13-6-2-1-3-7-13)10-17-11-19-12-18-14-8-4-5-9-15(14)19/h1-9,12,16-17,20H,10-11H2/p+1/t16-/m1/s1. The number of imidazole rings is 1. The first-order chi connectivity index (χ1) is 9.84. The maximum atomic E-state index is 10.1. The lowest BCUT2D eigenvalue weighted by molar-refractivity contribution is -0.689. The third-order valence-corrected chi connectivity index (χ3v) is 3.43. The van der Waals surface area contributed by atoms with Gasteiger partial charge in [-0.15, -0.1) is 0 Å². The van der Waals surface area contributed by atoms with E-state index in [9.17, 15) is 5.11 Å². The number of benzene rings is 2. The number of fused-ring (bicyclic) bond motifs is 1. The van der Waals surface area contributed by atoms with E-state index in [1.807, 2.05) is 54.9 Å². The molecule has 102 valence electrons. The number of hydrogen-bond donors (Lipinski definition) is 2. The van der Waals surface area contributed by atoms with Gasteiger partial charge in [-0.25, -0.2) is 4.98 Å². The van der Waals surface area contributed by atoms with Gasteiger partial charge >= 0.3 is 0 Å². The van der Waals surface area contributed by atoms with Crippen molar-refractivity contribution in [1.29, 1.82) is 0 Å². The Hall–Kier alpha value is -2.17. The van der Waals surface area contributed by atoms with Crippen molar-refractivity contribution in [2.75, 3.05) is 6.54 Å². The van der Waals surface area contributed by atoms with E-state index in [2.05, 4.69) is 20.9 Å². The average molecular weight is 268 g/mol. The van der Waals surface area contributed by atoms with Crippen LogP contribution in [0.3, 0.4) is 0 Å². The summed E-state index contributed by atoms with van der Waals surface area (Å²) in [5, 5.41) is 12.2. The number of aromatic nitrogens is 2. The lowest BCUT2D eigenvalue weighted by Gasteiger charge is -2.10. The molecule has 4 heteroatoms. The molecule has 0 aliphatic heterocycles. The lowest BCUT2D eigenvalue weighted by Crippen LogP contribution is -2.84. The predicted octanol–water partition coefficient (Wildman–Crippen LogP) is 1.29. The second kappa shape index (κ2) is 5.86. The van der Waals surface area contributed by atoms with Gasteiger partial charge in [0.15, 0.2) is 6.67 Å². The molecular weight excluding hydrogens is 250 g/mol. The van der Waals surface area contributed by atoms with E-state index < -0.39 is 6.10 Å². The van der Waals surface area contributed by atoms with Crippen LogP contribution in [0.15, 0.2) is 60.9 Å². The zero-order chi connectivity index (χ0) is 13.8. The normalized spacial score (nSPS) is 12.7. The summed E-state index contributed by atoms with van der Waals surface area (Å²) < 4.78 is 2.09. The third-order valence-electron chi connectivity index (χ3n) is 3.43. The van der Waals surface area contributed by atoms with E-state index in [0.717, 1.165) is 23.3 Å². The molecule has 2 aromatic carbocycles. The van der Waals surface area contributed by atoms with Gasteiger partial charge in [-0.1, -0.05) is 42.5 Å². The van der Waals surface area contributed by atoms with Crippen LogP contribution in [0.4, 0.5) is 0 Å². The molecule has 1 heterocycles. The molecule has 4 nitrogen and oxygen atoms in total. The van der Waals surface area contributed by atoms with Gasteiger partial charge in [0.25, 0.3) is 0 Å². The summed E-state index contributed by atoms with van der Waals surface area (Å²) in [6.07, 6.45) is 1.40. The first-order valence-electron chi connectivity index (χ1n) is 6.79. The molecule has 0 saturated carbocycles. The van der Waals surface area contributed by atoms with Gasteiger partial charge in [-0.3, -0.25) is 4.57 Å². The van der Waals surface area contributed by atoms with Crippen LogP contribution < -0.4 is 5.32 Å². The van der Waals surface area contributed by atoms with Crippen molar-refractivity contribution in [2.24, 2.45) is 0 Å². The molecule has 0 aliphatic rings. The number of aliphatic hydroxyl groups excluding tert-OH is 1. The van der Waals surface area contributed by atoms with Gasteiger partial charge in [0, 0.05) is 0 Å². The molecule has 1 atom stereocenters. The number of aliphatic hydroxyl groups is 1. The second-order valence-electron chi connectivity index (χ2n) is 4.84. The van der Waals surface area contributed by atoms with Gasteiger partial charge in [0.1, 0.15) is 19.0 Å². The summed E-state index contributed by atoms with van der Waals surface area (Å²) in [7, 11) is 0. The number of rotatable bonds is 5. The molecular formula is C16H18N3O+. The smallest absolute Gasteiger partial charge is 0.156 e. The van der Waals surface area contributed by atoms with Crippen molar-refractivity contribution in [1.82, 2.24) is 9.55 Å². The molecule has 0 aliphatic carbocycles. The fourth-order valence-electron chi connectivity index (χ4n) is 2.34. The first kappa shape index (κ1) is 12.8. The second-order valence-corrected chi connectivity index (χ2v) is 4.84. The van der Waals surface area contributed by atoms with Crippen LogP contribution in [0.5, 0.6) is 0 Å². The summed E-state index contributed by atoms with van der Waals surface area (Å²) in [4.78, 5) is 4.36. The number of hydrogen-bond acceptors (Lipinski definition) is 2. The van der Waals surface area contributed by atoms with Crippen LogP contribution in [0, 0.1) is 0 Å². The van der Waals surface area contributed by atoms with Gasteiger partial charge < -0.3 is 10.4 Å². The van der Waals surface area contributed by atoms with Crippen LogP contribution >= 0.6 is 0 Å². The minimum Gasteiger partial charge on any atom is -0.382 e. The quantitative estimate of drug-likeness (QED) is 0.732. The topological polar surface area (TPSA) is 54.7 Å². The van der Waals surface area contributed by atoms with Crippen LogP contribution in [-0.4, -0.2) is 21.2 Å². The first-order valence-corrected chi connectivity index (χ1v) is 6.79. The molecule has 1 aromatic heterocycles. The SMILES string of the molecule is O[C@H](C[NH2+]Cn1cnc2ccccc21)c1ccccc1. The predicted molar refractivity (Wildman–Crippen MR) is 77.9 cm³/mol. The molecule has 20 heavy (non-hydrogen) atoms. The van der Waals surface area contributed by atoms with Gasteiger partial charge in [-0.2, -0.15) is 0 Å². The third kappa shape index (κ3) is 2.71. The zero-order valence-corrected chi connectivity index (χ0v) is 11.2. The van der Waals surface area contributed by atoms with Crippen LogP contribution in [0.2, 0.25) is 0 Å². The fourth-order valence-corrected chi connectivity index (χ4v) is 2.34. The number of para-hydroxylation sites is 2. The summed E-state index contributed by atoms with van der Waals surface area (Å²) in [6.45, 7) is 1.39. The number of nitrogens with two attached hydrogens (primary N) is 1. The van der Waals surface area contributed by atoms with Gasteiger partial charge in [0.2, 0.25) is 0 Å². The molecule has 0 amide bonds. The maximum Gasteiger partial charge on any atom is 0.156 e. The van der Waals surface area contributed by atoms with Crippen molar-refractivity contribution in [3.63, 3.8) is 0 Å². The Kier molecular flexibility index (Phi) is 3.76. The van der Waals surface area contributed by atoms with Crippen LogP contribution in [0.25, 0.3) is 11.0 Å². The summed E-state index contributed by atoms with van der Waals surface area (Å²) >= 11 is 0. The Bertz CT molecular complexity index is 678. The Morgan fingerprint density at radius 1 is 1.05 bits per heavy atom. The van der Waals surface area contributed by atoms with E-state index in [1.165, 1.54) is 0 Å². The molecule has 0 radical (unpaired) electrons. The number of quaternary nitrogens is 1. The highest BCUT2D eigenvalue weighted by Gasteiger charge is 2.09. The van der Waals surface area contributed by atoms with Crippen LogP contribution in [0.1, 0.15) is 11.7 Å². The minimum absolute atomic E-state index is 0.439. The maximum absolute atomic E-state index is 10.1. The van der Waals surface area contributed by atoms with Gasteiger partial charge in [-0.05, 0) is 17.7 Å². The zero-order valence-electron chi connectivity index (χ0n) is 11.2. The van der Waals surface area contributed by atoms with E-state index in [-0.39, 0.29) is 0 Å². The number of nitrogens with zero attached hydrogens (tertiary/aromatic N) is 2. The van der Waals surface area contributed by atoms with Crippen molar-refractivity contribution in [3.8, 4) is 0 Å². The fraction of sp³-hybridized carbons (Fsp3) is 0.188. The lowest BCUT2D eigenvalue weighted by atomic mass is 10.1. The monoisotopic (exact) mass is 268 g/mol. The van der Waals surface area contributed by atoms with Crippen molar-refractivity contribution < 1.29 is 10.4 Å². The van der Waals surface area contributed by atoms with E-state index >= 15 is 0 Å². The van der Waals surface area contributed by atoms with E-state index in [4.69, 9.17) is 0 Å². The summed E-state index contributed by atoms with van der Waals surface area (Å²) in [5.74, 6) is 0. The molecule has 3 N–H and O–H groups in total. The Balaban J connectivity index is 1.60. The Labute approximate surface area is 117 Å². The van der Waals surface area contributed by atoms with E-state index in [0.29, 0.717) is 6.54 Å². The Morgan fingerprint density at radius 3 is 2.65 bits per heavy atom. The molecule has 0 fully saturated rings. The van der Waals surface area contributed by atoms with Crippen molar-refractivity contribution >= 4 is 11.0 Å². The van der Waals surface area contributed by atoms with Crippen molar-refractivity contribution in [2.45, 2.75) is 12.8 Å². The van der Waals surface area contributed by atoms with Gasteiger partial charge in [0.05, 0.1) is 11.0 Å². The molecule has 3 aromatic rings. The highest BCUT2D eigenvalue weighted by Crippen LogP contribution is 2.11. The van der Waals surface area contributed by atoms with Crippen molar-refractivity contribution in [3.05, 3.63) is 66.5 Å². The molecule has 0 saturated heterocycles. The average Bonchev–Trinajstić information content (AvgIpc) is 2.92.